The first kappa shape index (κ1) is 18.1. The number of likely N-dealkylation sites (N-methyl/N-ethyl adjacent to an activating group) is 1. The van der Waals surface area contributed by atoms with Crippen molar-refractivity contribution in [1.29, 1.82) is 0 Å². The Balaban J connectivity index is 1.81. The normalized spacial score (nSPS) is 13.5. The smallest absolute Gasteiger partial charge is 0.221 e. The fraction of sp³-hybridized carbons (Fsp3) is 0.286. The van der Waals surface area contributed by atoms with E-state index in [0.29, 0.717) is 12.1 Å². The molecule has 2 aromatic carbocycles. The molecular weight excluding hydrogens is 331 g/mol. The van der Waals surface area contributed by atoms with E-state index in [2.05, 4.69) is 4.98 Å². The molecule has 4 nitrogen and oxygen atoms in total. The molecule has 1 heterocycles. The molecule has 0 bridgehead atoms. The van der Waals surface area contributed by atoms with Gasteiger partial charge in [0, 0.05) is 28.2 Å². The molecule has 0 saturated carbocycles. The highest BCUT2D eigenvalue weighted by molar-refractivity contribution is 6.09. The number of para-hydroxylation sites is 1. The monoisotopic (exact) mass is 355 g/mol. The molecule has 136 valence electrons. The van der Waals surface area contributed by atoms with Crippen LogP contribution in [0.2, 0.25) is 0 Å². The third-order valence-electron chi connectivity index (χ3n) is 4.96. The van der Waals surface area contributed by atoms with Crippen molar-refractivity contribution in [2.24, 2.45) is 0 Å². The molecule has 26 heavy (non-hydrogen) atoms. The van der Waals surface area contributed by atoms with Crippen molar-refractivity contribution < 1.29 is 18.8 Å². The first-order valence-electron chi connectivity index (χ1n) is 8.82. The molecule has 0 amide bonds. The van der Waals surface area contributed by atoms with Gasteiger partial charge in [0.25, 0.3) is 0 Å². The van der Waals surface area contributed by atoms with Crippen molar-refractivity contribution in [3.63, 3.8) is 0 Å². The number of rotatable bonds is 7. The van der Waals surface area contributed by atoms with Crippen LogP contribution in [0.5, 0.6) is 5.75 Å². The number of fused-ring (bicyclic) bond motifs is 1. The van der Waals surface area contributed by atoms with Gasteiger partial charge in [-0.1, -0.05) is 18.2 Å². The summed E-state index contributed by atoms with van der Waals surface area (Å²) in [5, 5.41) is 0.940. The number of carbonyl (C=O) groups is 1. The first-order chi connectivity index (χ1) is 12.5. The standard InChI is InChI=1S/C21H23FN2O2/c1-4-24(13-15-9-10-20(26-3)18(22)11-15)14(2)21(25)17-12-23-19-8-6-5-7-16(17)19/h5-12,14,23H,4,13H2,1-3H3/p+1/t14-/m1/s1. The number of aromatic nitrogens is 1. The number of halogens is 1. The van der Waals surface area contributed by atoms with E-state index < -0.39 is 0 Å². The van der Waals surface area contributed by atoms with E-state index in [1.54, 1.807) is 12.3 Å². The van der Waals surface area contributed by atoms with Gasteiger partial charge < -0.3 is 14.6 Å². The van der Waals surface area contributed by atoms with Crippen LogP contribution in [0.1, 0.15) is 29.8 Å². The average molecular weight is 355 g/mol. The van der Waals surface area contributed by atoms with E-state index >= 15 is 0 Å². The van der Waals surface area contributed by atoms with Gasteiger partial charge in [-0.25, -0.2) is 4.39 Å². The third-order valence-corrected chi connectivity index (χ3v) is 4.96. The maximum Gasteiger partial charge on any atom is 0.221 e. The molecule has 0 fully saturated rings. The summed E-state index contributed by atoms with van der Waals surface area (Å²) >= 11 is 0. The Kier molecular flexibility index (Phi) is 5.38. The molecule has 0 radical (unpaired) electrons. The molecule has 0 spiro atoms. The quantitative estimate of drug-likeness (QED) is 0.640. The number of hydrogen-bond acceptors (Lipinski definition) is 2. The van der Waals surface area contributed by atoms with Crippen molar-refractivity contribution in [2.75, 3.05) is 13.7 Å². The summed E-state index contributed by atoms with van der Waals surface area (Å²) in [7, 11) is 1.45. The summed E-state index contributed by atoms with van der Waals surface area (Å²) in [6.07, 6.45) is 1.78. The van der Waals surface area contributed by atoms with Gasteiger partial charge >= 0.3 is 0 Å². The Labute approximate surface area is 152 Å². The topological polar surface area (TPSA) is 46.5 Å². The van der Waals surface area contributed by atoms with Gasteiger partial charge in [0.05, 0.1) is 13.7 Å². The SMILES string of the molecule is CC[NH+](Cc1ccc(OC)c(F)c1)[C@H](C)C(=O)c1c[nH]c2ccccc12. The molecule has 2 N–H and O–H groups in total. The number of benzene rings is 2. The van der Waals surface area contributed by atoms with Crippen molar-refractivity contribution in [2.45, 2.75) is 26.4 Å². The van der Waals surface area contributed by atoms with Crippen LogP contribution in [0.25, 0.3) is 10.9 Å². The largest absolute Gasteiger partial charge is 0.494 e. The molecule has 1 unspecified atom stereocenters. The summed E-state index contributed by atoms with van der Waals surface area (Å²) in [5.74, 6) is -0.0564. The van der Waals surface area contributed by atoms with Crippen LogP contribution in [-0.2, 0) is 6.54 Å². The van der Waals surface area contributed by atoms with Gasteiger partial charge in [0.2, 0.25) is 5.78 Å². The van der Waals surface area contributed by atoms with Crippen molar-refractivity contribution in [3.05, 3.63) is 65.6 Å². The molecule has 1 aromatic heterocycles. The van der Waals surface area contributed by atoms with Crippen LogP contribution < -0.4 is 9.64 Å². The van der Waals surface area contributed by atoms with Crippen LogP contribution in [0.15, 0.2) is 48.7 Å². The van der Waals surface area contributed by atoms with E-state index in [1.165, 1.54) is 13.2 Å². The maximum absolute atomic E-state index is 14.0. The Morgan fingerprint density at radius 2 is 2.04 bits per heavy atom. The molecule has 2 atom stereocenters. The Morgan fingerprint density at radius 1 is 1.27 bits per heavy atom. The highest BCUT2D eigenvalue weighted by Crippen LogP contribution is 2.19. The van der Waals surface area contributed by atoms with E-state index in [0.717, 1.165) is 27.9 Å². The van der Waals surface area contributed by atoms with Crippen molar-refractivity contribution in [1.82, 2.24) is 4.98 Å². The van der Waals surface area contributed by atoms with Crippen LogP contribution in [0, 0.1) is 5.82 Å². The Bertz CT molecular complexity index is 919. The fourth-order valence-corrected chi connectivity index (χ4v) is 3.36. The fourth-order valence-electron chi connectivity index (χ4n) is 3.36. The number of H-pyrrole nitrogens is 1. The minimum atomic E-state index is -0.379. The zero-order valence-electron chi connectivity index (χ0n) is 15.3. The van der Waals surface area contributed by atoms with Crippen LogP contribution in [0.3, 0.4) is 0 Å². The summed E-state index contributed by atoms with van der Waals surface area (Å²) in [5.41, 5.74) is 2.51. The third kappa shape index (κ3) is 3.48. The van der Waals surface area contributed by atoms with Crippen LogP contribution in [-0.4, -0.2) is 30.5 Å². The number of ether oxygens (including phenoxy) is 1. The Hall–Kier alpha value is -2.66. The lowest BCUT2D eigenvalue weighted by atomic mass is 10.0. The second-order valence-corrected chi connectivity index (χ2v) is 6.49. The summed E-state index contributed by atoms with van der Waals surface area (Å²) in [4.78, 5) is 17.3. The number of nitrogens with one attached hydrogen (secondary N) is 2. The van der Waals surface area contributed by atoms with Crippen molar-refractivity contribution >= 4 is 16.7 Å². The van der Waals surface area contributed by atoms with Crippen molar-refractivity contribution in [3.8, 4) is 5.75 Å². The second kappa shape index (κ2) is 7.70. The summed E-state index contributed by atoms with van der Waals surface area (Å²) in [6.45, 7) is 5.31. The van der Waals surface area contributed by atoms with Crippen LogP contribution >= 0.6 is 0 Å². The number of ketones is 1. The maximum atomic E-state index is 14.0. The van der Waals surface area contributed by atoms with Gasteiger partial charge in [0.15, 0.2) is 11.6 Å². The van der Waals surface area contributed by atoms with Gasteiger partial charge in [-0.15, -0.1) is 0 Å². The van der Waals surface area contributed by atoms with Gasteiger partial charge in [0.1, 0.15) is 12.6 Å². The average Bonchev–Trinajstić information content (AvgIpc) is 3.09. The van der Waals surface area contributed by atoms with Gasteiger partial charge in [-0.05, 0) is 38.1 Å². The molecule has 0 aliphatic carbocycles. The summed E-state index contributed by atoms with van der Waals surface area (Å²) < 4.78 is 18.9. The molecule has 0 saturated heterocycles. The zero-order valence-corrected chi connectivity index (χ0v) is 15.3. The highest BCUT2D eigenvalue weighted by atomic mass is 19.1. The zero-order chi connectivity index (χ0) is 18.7. The minimum Gasteiger partial charge on any atom is -0.494 e. The van der Waals surface area contributed by atoms with Gasteiger partial charge in [-0.2, -0.15) is 0 Å². The molecule has 0 aliphatic rings. The molecule has 3 aromatic rings. The molecule has 3 rings (SSSR count). The lowest BCUT2D eigenvalue weighted by Crippen LogP contribution is -3.14. The second-order valence-electron chi connectivity index (χ2n) is 6.49. The number of aromatic amines is 1. The molecule has 5 heteroatoms. The van der Waals surface area contributed by atoms with E-state index in [1.807, 2.05) is 44.2 Å². The summed E-state index contributed by atoms with van der Waals surface area (Å²) in [6, 6.07) is 12.5. The minimum absolute atomic E-state index is 0.0910. The number of hydrogen-bond donors (Lipinski definition) is 2. The molecule has 0 aliphatic heterocycles. The number of quaternary nitrogens is 1. The first-order valence-corrected chi connectivity index (χ1v) is 8.82. The predicted molar refractivity (Wildman–Crippen MR) is 100 cm³/mol. The van der Waals surface area contributed by atoms with Crippen LogP contribution in [0.4, 0.5) is 4.39 Å². The lowest BCUT2D eigenvalue weighted by molar-refractivity contribution is -0.925. The highest BCUT2D eigenvalue weighted by Gasteiger charge is 2.27. The number of carbonyl (C=O) groups excluding carboxylic acids is 1. The van der Waals surface area contributed by atoms with E-state index in [-0.39, 0.29) is 23.4 Å². The lowest BCUT2D eigenvalue weighted by Gasteiger charge is -2.24. The number of methoxy groups -OCH3 is 1. The molecular formula is C21H24FN2O2+. The predicted octanol–water partition coefficient (Wildman–Crippen LogP) is 2.99. The van der Waals surface area contributed by atoms with Gasteiger partial charge in [-0.3, -0.25) is 4.79 Å². The number of Topliss-reactive ketones (excluding diaryl/α,β-unsaturated/α-hetero) is 1. The van der Waals surface area contributed by atoms with E-state index in [9.17, 15) is 9.18 Å². The Morgan fingerprint density at radius 3 is 2.73 bits per heavy atom. The van der Waals surface area contributed by atoms with E-state index in [4.69, 9.17) is 4.74 Å².